The fourth-order valence-electron chi connectivity index (χ4n) is 2.80. The van der Waals surface area contributed by atoms with Gasteiger partial charge in [-0.2, -0.15) is 0 Å². The fraction of sp³-hybridized carbons (Fsp3) is 0.304. The number of methoxy groups -OCH3 is 2. The summed E-state index contributed by atoms with van der Waals surface area (Å²) in [6.45, 7) is 5.98. The van der Waals surface area contributed by atoms with Gasteiger partial charge in [-0.15, -0.1) is 0 Å². The van der Waals surface area contributed by atoms with Gasteiger partial charge in [0.2, 0.25) is 0 Å². The largest absolute Gasteiger partial charge is 0.493 e. The van der Waals surface area contributed by atoms with Crippen LogP contribution in [0.15, 0.2) is 42.5 Å². The molecule has 1 N–H and O–H groups in total. The van der Waals surface area contributed by atoms with Gasteiger partial charge < -0.3 is 19.5 Å². The fourth-order valence-corrected chi connectivity index (χ4v) is 2.80. The van der Waals surface area contributed by atoms with Crippen LogP contribution in [0.25, 0.3) is 6.08 Å². The number of benzene rings is 2. The number of para-hydroxylation sites is 1. The molecule has 0 radical (unpaired) electrons. The maximum absolute atomic E-state index is 12.5. The number of nitrogens with one attached hydrogen (secondary N) is 1. The highest BCUT2D eigenvalue weighted by atomic mass is 16.5. The highest BCUT2D eigenvalue weighted by molar-refractivity contribution is 5.93. The number of aryl methyl sites for hydroxylation is 1. The highest BCUT2D eigenvalue weighted by Gasteiger charge is 2.13. The molecule has 29 heavy (non-hydrogen) atoms. The molecule has 0 atom stereocenters. The van der Waals surface area contributed by atoms with E-state index in [0.717, 1.165) is 22.4 Å². The Labute approximate surface area is 171 Å². The normalized spacial score (nSPS) is 10.8. The Hall–Kier alpha value is -3.28. The molecule has 6 nitrogen and oxygen atoms in total. The average molecular weight is 397 g/mol. The van der Waals surface area contributed by atoms with Gasteiger partial charge in [0.05, 0.1) is 14.2 Å². The van der Waals surface area contributed by atoms with Crippen molar-refractivity contribution in [3.05, 3.63) is 59.2 Å². The predicted molar refractivity (Wildman–Crippen MR) is 113 cm³/mol. The summed E-state index contributed by atoms with van der Waals surface area (Å²) < 4.78 is 15.6. The average Bonchev–Trinajstić information content (AvgIpc) is 2.71. The molecule has 154 valence electrons. The molecule has 0 aromatic heterocycles. The molecule has 2 aromatic rings. The Morgan fingerprint density at radius 1 is 1.10 bits per heavy atom. The Bertz CT molecular complexity index is 902. The molecule has 0 bridgehead atoms. The summed E-state index contributed by atoms with van der Waals surface area (Å²) in [5.74, 6) is 0.489. The molecule has 0 heterocycles. The van der Waals surface area contributed by atoms with Crippen molar-refractivity contribution in [3.63, 3.8) is 0 Å². The summed E-state index contributed by atoms with van der Waals surface area (Å²) >= 11 is 0. The van der Waals surface area contributed by atoms with Gasteiger partial charge in [0, 0.05) is 11.8 Å². The second-order valence-electron chi connectivity index (χ2n) is 6.80. The first-order valence-corrected chi connectivity index (χ1v) is 9.32. The number of hydrogen-bond donors (Lipinski definition) is 1. The molecule has 0 aliphatic heterocycles. The van der Waals surface area contributed by atoms with E-state index >= 15 is 0 Å². The molecular weight excluding hydrogens is 370 g/mol. The lowest BCUT2D eigenvalue weighted by Gasteiger charge is -2.17. The number of carbonyl (C=O) groups is 2. The molecule has 0 unspecified atom stereocenters. The number of rotatable bonds is 8. The quantitative estimate of drug-likeness (QED) is 0.530. The third kappa shape index (κ3) is 6.10. The molecule has 0 saturated heterocycles. The zero-order chi connectivity index (χ0) is 21.4. The summed E-state index contributed by atoms with van der Waals surface area (Å²) in [5, 5.41) is 2.95. The Kier molecular flexibility index (Phi) is 7.83. The van der Waals surface area contributed by atoms with Crippen molar-refractivity contribution < 1.29 is 23.8 Å². The van der Waals surface area contributed by atoms with Gasteiger partial charge in [-0.25, -0.2) is 4.79 Å². The zero-order valence-electron chi connectivity index (χ0n) is 17.4. The van der Waals surface area contributed by atoms with Gasteiger partial charge in [-0.3, -0.25) is 4.79 Å². The first-order valence-electron chi connectivity index (χ1n) is 9.32. The van der Waals surface area contributed by atoms with Crippen molar-refractivity contribution >= 4 is 23.6 Å². The number of anilines is 1. The molecule has 0 aliphatic rings. The predicted octanol–water partition coefficient (Wildman–Crippen LogP) is 4.33. The summed E-state index contributed by atoms with van der Waals surface area (Å²) in [7, 11) is 2.83. The lowest BCUT2D eigenvalue weighted by molar-refractivity contribution is -0.134. The first-order chi connectivity index (χ1) is 13.8. The molecule has 1 amide bonds. The van der Waals surface area contributed by atoms with E-state index in [9.17, 15) is 9.59 Å². The second kappa shape index (κ2) is 10.3. The van der Waals surface area contributed by atoms with E-state index in [1.54, 1.807) is 24.3 Å². The number of amides is 1. The lowest BCUT2D eigenvalue weighted by Crippen LogP contribution is -2.22. The molecule has 0 aliphatic carbocycles. The first kappa shape index (κ1) is 22.0. The Balaban J connectivity index is 2.07. The van der Waals surface area contributed by atoms with Crippen LogP contribution < -0.4 is 14.8 Å². The van der Waals surface area contributed by atoms with Gasteiger partial charge in [-0.1, -0.05) is 38.1 Å². The summed E-state index contributed by atoms with van der Waals surface area (Å²) in [4.78, 5) is 23.7. The van der Waals surface area contributed by atoms with E-state index < -0.39 is 5.97 Å². The number of hydrogen-bond acceptors (Lipinski definition) is 5. The molecule has 0 saturated carbocycles. The van der Waals surface area contributed by atoms with E-state index in [4.69, 9.17) is 9.47 Å². The van der Waals surface area contributed by atoms with Crippen LogP contribution >= 0.6 is 0 Å². The molecule has 0 fully saturated rings. The minimum Gasteiger partial charge on any atom is -0.493 e. The van der Waals surface area contributed by atoms with Crippen LogP contribution in [0.4, 0.5) is 5.69 Å². The van der Waals surface area contributed by atoms with E-state index in [1.807, 2.05) is 25.1 Å². The van der Waals surface area contributed by atoms with E-state index in [-0.39, 0.29) is 18.4 Å². The SMILES string of the molecule is COC(=O)/C=C/c1ccc(OCC(=O)Nc2c(C)cccc2C(C)C)c(OC)c1. The van der Waals surface area contributed by atoms with Gasteiger partial charge >= 0.3 is 5.97 Å². The van der Waals surface area contributed by atoms with Crippen LogP contribution in [0.1, 0.15) is 36.5 Å². The van der Waals surface area contributed by atoms with Crippen LogP contribution in [-0.4, -0.2) is 32.7 Å². The monoisotopic (exact) mass is 397 g/mol. The van der Waals surface area contributed by atoms with Crippen LogP contribution in [0, 0.1) is 6.92 Å². The van der Waals surface area contributed by atoms with E-state index in [2.05, 4.69) is 23.9 Å². The third-order valence-corrected chi connectivity index (χ3v) is 4.35. The van der Waals surface area contributed by atoms with Crippen molar-refractivity contribution in [1.29, 1.82) is 0 Å². The number of carbonyl (C=O) groups excluding carboxylic acids is 2. The van der Waals surface area contributed by atoms with E-state index in [1.165, 1.54) is 20.3 Å². The molecule has 2 aromatic carbocycles. The zero-order valence-corrected chi connectivity index (χ0v) is 17.4. The molecule has 2 rings (SSSR count). The molecular formula is C23H27NO5. The van der Waals surface area contributed by atoms with Crippen LogP contribution in [-0.2, 0) is 14.3 Å². The third-order valence-electron chi connectivity index (χ3n) is 4.35. The van der Waals surface area contributed by atoms with Gasteiger partial charge in [0.25, 0.3) is 5.91 Å². The molecule has 0 spiro atoms. The van der Waals surface area contributed by atoms with Crippen molar-refractivity contribution in [2.45, 2.75) is 26.7 Å². The minimum atomic E-state index is -0.446. The summed E-state index contributed by atoms with van der Waals surface area (Å²) in [5.41, 5.74) is 3.65. The summed E-state index contributed by atoms with van der Waals surface area (Å²) in [6, 6.07) is 11.1. The van der Waals surface area contributed by atoms with Gasteiger partial charge in [0.1, 0.15) is 0 Å². The standard InChI is InChI=1S/C23H27NO5/c1-15(2)18-8-6-7-16(3)23(18)24-21(25)14-29-19-11-9-17(13-20(19)27-4)10-12-22(26)28-5/h6-13,15H,14H2,1-5H3,(H,24,25)/b12-10+. The lowest BCUT2D eigenvalue weighted by atomic mass is 9.98. The maximum Gasteiger partial charge on any atom is 0.330 e. The van der Waals surface area contributed by atoms with E-state index in [0.29, 0.717) is 11.5 Å². The topological polar surface area (TPSA) is 73.9 Å². The Morgan fingerprint density at radius 2 is 1.86 bits per heavy atom. The number of esters is 1. The minimum absolute atomic E-state index is 0.153. The van der Waals surface area contributed by atoms with Crippen LogP contribution in [0.2, 0.25) is 0 Å². The smallest absolute Gasteiger partial charge is 0.330 e. The number of ether oxygens (including phenoxy) is 3. The second-order valence-corrected chi connectivity index (χ2v) is 6.80. The molecule has 6 heteroatoms. The summed E-state index contributed by atoms with van der Waals surface area (Å²) in [6.07, 6.45) is 2.92. The van der Waals surface area contributed by atoms with Gasteiger partial charge in [-0.05, 0) is 47.7 Å². The van der Waals surface area contributed by atoms with Crippen LogP contribution in [0.3, 0.4) is 0 Å². The van der Waals surface area contributed by atoms with Crippen LogP contribution in [0.5, 0.6) is 11.5 Å². The van der Waals surface area contributed by atoms with Crippen molar-refractivity contribution in [2.75, 3.05) is 26.1 Å². The maximum atomic E-state index is 12.5. The van der Waals surface area contributed by atoms with Crippen molar-refractivity contribution in [2.24, 2.45) is 0 Å². The van der Waals surface area contributed by atoms with Crippen molar-refractivity contribution in [1.82, 2.24) is 0 Å². The highest BCUT2D eigenvalue weighted by Crippen LogP contribution is 2.29. The van der Waals surface area contributed by atoms with Gasteiger partial charge in [0.15, 0.2) is 18.1 Å². The van der Waals surface area contributed by atoms with Crippen molar-refractivity contribution in [3.8, 4) is 11.5 Å². The Morgan fingerprint density at radius 3 is 2.52 bits per heavy atom.